The van der Waals surface area contributed by atoms with Crippen molar-refractivity contribution in [2.75, 3.05) is 10.7 Å². The number of carbonyl (C=O) groups excluding carboxylic acids is 1. The normalized spacial score (nSPS) is 11.2. The van der Waals surface area contributed by atoms with E-state index >= 15 is 0 Å². The highest BCUT2D eigenvalue weighted by molar-refractivity contribution is 6.12. The van der Waals surface area contributed by atoms with Crippen molar-refractivity contribution in [1.29, 1.82) is 0 Å². The molecule has 0 aliphatic rings. The highest BCUT2D eigenvalue weighted by atomic mass is 19.2. The number of rotatable bonds is 5. The monoisotopic (exact) mass is 409 g/mol. The molecule has 1 aromatic heterocycles. The molecule has 0 spiro atoms. The van der Waals surface area contributed by atoms with Crippen molar-refractivity contribution in [2.45, 2.75) is 0 Å². The molecule has 0 bridgehead atoms. The van der Waals surface area contributed by atoms with Crippen molar-refractivity contribution in [3.63, 3.8) is 0 Å². The van der Waals surface area contributed by atoms with Crippen LogP contribution in [-0.4, -0.2) is 23.4 Å². The summed E-state index contributed by atoms with van der Waals surface area (Å²) < 4.78 is 28.0. The van der Waals surface area contributed by atoms with Gasteiger partial charge in [0.25, 0.3) is 0 Å². The molecule has 3 rings (SSSR count). The van der Waals surface area contributed by atoms with Crippen LogP contribution in [0, 0.1) is 11.6 Å². The Labute approximate surface area is 170 Å². The van der Waals surface area contributed by atoms with Gasteiger partial charge in [-0.2, -0.15) is 10.2 Å². The number of nitrogens with zero attached hydrogens (tertiary/aromatic N) is 4. The molecule has 8 nitrogen and oxygen atoms in total. The van der Waals surface area contributed by atoms with Gasteiger partial charge in [-0.25, -0.2) is 18.8 Å². The number of primary amides is 1. The number of nitrogens with two attached hydrogens (primary N) is 3. The molecule has 6 N–H and O–H groups in total. The summed E-state index contributed by atoms with van der Waals surface area (Å²) in [6, 6.07) is 11.6. The van der Waals surface area contributed by atoms with E-state index in [-0.39, 0.29) is 22.9 Å². The predicted molar refractivity (Wildman–Crippen MR) is 112 cm³/mol. The lowest BCUT2D eigenvalue weighted by Gasteiger charge is -2.21. The molecule has 2 aromatic carbocycles. The fraction of sp³-hybridized carbons (Fsp3) is 0. The highest BCUT2D eigenvalue weighted by Gasteiger charge is 2.23. The molecule has 0 atom stereocenters. The number of amidine groups is 1. The number of hydrazone groups is 2. The smallest absolute Gasteiger partial charge is 0.248 e. The number of amides is 1. The molecule has 10 heteroatoms. The van der Waals surface area contributed by atoms with Gasteiger partial charge in [0.15, 0.2) is 17.5 Å². The third-order valence-electron chi connectivity index (χ3n) is 4.29. The van der Waals surface area contributed by atoms with E-state index in [1.165, 1.54) is 18.3 Å². The molecule has 0 saturated heterocycles. The molecule has 0 saturated carbocycles. The lowest BCUT2D eigenvalue weighted by Crippen LogP contribution is -2.29. The summed E-state index contributed by atoms with van der Waals surface area (Å²) in [5, 5.41) is 8.28. The van der Waals surface area contributed by atoms with Gasteiger partial charge in [0, 0.05) is 24.0 Å². The number of nitrogen functional groups attached to an aromatic ring is 1. The Bertz CT molecular complexity index is 1150. The summed E-state index contributed by atoms with van der Waals surface area (Å²) in [6.45, 7) is 3.38. The van der Waals surface area contributed by atoms with Gasteiger partial charge in [-0.15, -0.1) is 0 Å². The number of hydrogen-bond donors (Lipinski definition) is 3. The zero-order valence-corrected chi connectivity index (χ0v) is 15.6. The Morgan fingerprint density at radius 2 is 1.80 bits per heavy atom. The first kappa shape index (κ1) is 20.4. The van der Waals surface area contributed by atoms with E-state index in [4.69, 9.17) is 17.3 Å². The number of carbonyl (C=O) groups is 1. The molecule has 0 unspecified atom stereocenters. The van der Waals surface area contributed by atoms with E-state index in [0.717, 1.165) is 11.1 Å². The van der Waals surface area contributed by atoms with Crippen LogP contribution >= 0.6 is 0 Å². The Hall–Kier alpha value is -4.34. The second kappa shape index (κ2) is 8.35. The van der Waals surface area contributed by atoms with Gasteiger partial charge in [-0.05, 0) is 35.9 Å². The summed E-state index contributed by atoms with van der Waals surface area (Å²) in [5.41, 5.74) is 12.8. The minimum atomic E-state index is -1.16. The molecule has 30 heavy (non-hydrogen) atoms. The van der Waals surface area contributed by atoms with Crippen molar-refractivity contribution >= 4 is 30.0 Å². The molecule has 0 aliphatic heterocycles. The molecule has 0 radical (unpaired) electrons. The van der Waals surface area contributed by atoms with Crippen LogP contribution < -0.4 is 22.3 Å². The van der Waals surface area contributed by atoms with Crippen LogP contribution in [0.3, 0.4) is 0 Å². The molecule has 3 aromatic rings. The first-order valence-electron chi connectivity index (χ1n) is 8.52. The average Bonchev–Trinajstić information content (AvgIpc) is 2.75. The third kappa shape index (κ3) is 3.78. The van der Waals surface area contributed by atoms with Crippen LogP contribution in [0.2, 0.25) is 0 Å². The number of hydrogen-bond acceptors (Lipinski definition) is 6. The zero-order chi connectivity index (χ0) is 21.8. The van der Waals surface area contributed by atoms with Crippen molar-refractivity contribution in [1.82, 2.24) is 4.98 Å². The van der Waals surface area contributed by atoms with Crippen LogP contribution in [0.4, 0.5) is 20.3 Å². The largest absolute Gasteiger partial charge is 0.383 e. The summed E-state index contributed by atoms with van der Waals surface area (Å²) in [4.78, 5) is 15.4. The van der Waals surface area contributed by atoms with Gasteiger partial charge in [-0.1, -0.05) is 18.2 Å². The van der Waals surface area contributed by atoms with E-state index in [1.807, 2.05) is 0 Å². The van der Waals surface area contributed by atoms with Crippen LogP contribution in [-0.2, 0) is 0 Å². The SMILES string of the molecule is C=NN(/C(=N\N)c1cc(-c2ccc(C(N)=O)cc2)cnc1N)c1cccc(F)c1F. The van der Waals surface area contributed by atoms with Crippen LogP contribution in [0.5, 0.6) is 0 Å². The minimum absolute atomic E-state index is 0.0298. The fourth-order valence-corrected chi connectivity index (χ4v) is 2.79. The van der Waals surface area contributed by atoms with Crippen LogP contribution in [0.15, 0.2) is 64.9 Å². The first-order valence-corrected chi connectivity index (χ1v) is 8.52. The number of aromatic nitrogens is 1. The van der Waals surface area contributed by atoms with E-state index in [1.54, 1.807) is 30.3 Å². The van der Waals surface area contributed by atoms with Gasteiger partial charge >= 0.3 is 0 Å². The van der Waals surface area contributed by atoms with Gasteiger partial charge in [-0.3, -0.25) is 4.79 Å². The quantitative estimate of drug-likeness (QED) is 0.257. The van der Waals surface area contributed by atoms with E-state index in [9.17, 15) is 13.6 Å². The summed E-state index contributed by atoms with van der Waals surface area (Å²) >= 11 is 0. The summed E-state index contributed by atoms with van der Waals surface area (Å²) in [5.74, 6) is 2.66. The number of anilines is 2. The van der Waals surface area contributed by atoms with Gasteiger partial charge in [0.2, 0.25) is 5.91 Å². The van der Waals surface area contributed by atoms with E-state index < -0.39 is 17.5 Å². The first-order chi connectivity index (χ1) is 14.4. The van der Waals surface area contributed by atoms with Gasteiger partial charge < -0.3 is 17.3 Å². The van der Waals surface area contributed by atoms with Gasteiger partial charge in [0.05, 0.1) is 5.56 Å². The van der Waals surface area contributed by atoms with Crippen molar-refractivity contribution < 1.29 is 13.6 Å². The minimum Gasteiger partial charge on any atom is -0.383 e. The molecule has 1 amide bonds. The van der Waals surface area contributed by atoms with E-state index in [0.29, 0.717) is 16.7 Å². The Kier molecular flexibility index (Phi) is 5.68. The maximum atomic E-state index is 14.3. The lowest BCUT2D eigenvalue weighted by molar-refractivity contribution is 0.100. The highest BCUT2D eigenvalue weighted by Crippen LogP contribution is 2.28. The molecule has 1 heterocycles. The molecule has 152 valence electrons. The van der Waals surface area contributed by atoms with Gasteiger partial charge in [0.1, 0.15) is 11.5 Å². The zero-order valence-electron chi connectivity index (χ0n) is 15.6. The standard InChI is InChI=1S/C20H17F2N7O/c1-26-29(16-4-2-3-15(21)17(16)22)20(28-25)14-9-13(10-27-18(14)23)11-5-7-12(8-6-11)19(24)30/h2-10H,1,25H2,(H2,23,27)(H2,24,30)/b28-20-. The Balaban J connectivity index is 2.08. The summed E-state index contributed by atoms with van der Waals surface area (Å²) in [6.07, 6.45) is 1.50. The Morgan fingerprint density at radius 1 is 1.10 bits per heavy atom. The number of benzene rings is 2. The molecular formula is C20H17F2N7O. The van der Waals surface area contributed by atoms with Crippen LogP contribution in [0.25, 0.3) is 11.1 Å². The number of halogens is 2. The lowest BCUT2D eigenvalue weighted by atomic mass is 10.0. The second-order valence-corrected chi connectivity index (χ2v) is 6.08. The maximum absolute atomic E-state index is 14.3. The topological polar surface area (TPSA) is 136 Å². The predicted octanol–water partition coefficient (Wildman–Crippen LogP) is 2.45. The molecule has 0 fully saturated rings. The van der Waals surface area contributed by atoms with Crippen molar-refractivity contribution in [2.24, 2.45) is 21.8 Å². The third-order valence-corrected chi connectivity index (χ3v) is 4.29. The van der Waals surface area contributed by atoms with Crippen molar-refractivity contribution in [3.05, 3.63) is 77.5 Å². The molecular weight excluding hydrogens is 392 g/mol. The molecule has 0 aliphatic carbocycles. The maximum Gasteiger partial charge on any atom is 0.248 e. The Morgan fingerprint density at radius 3 is 2.40 bits per heavy atom. The second-order valence-electron chi connectivity index (χ2n) is 6.08. The van der Waals surface area contributed by atoms with E-state index in [2.05, 4.69) is 21.9 Å². The van der Waals surface area contributed by atoms with Crippen molar-refractivity contribution in [3.8, 4) is 11.1 Å². The summed E-state index contributed by atoms with van der Waals surface area (Å²) in [7, 11) is 0. The van der Waals surface area contributed by atoms with Crippen LogP contribution in [0.1, 0.15) is 15.9 Å². The average molecular weight is 409 g/mol. The fourth-order valence-electron chi connectivity index (χ4n) is 2.79. The number of pyridine rings is 1.